The minimum atomic E-state index is -4.55. The molecule has 2 aromatic rings. The summed E-state index contributed by atoms with van der Waals surface area (Å²) in [6.45, 7) is 0. The molecule has 25 heavy (non-hydrogen) atoms. The zero-order chi connectivity index (χ0) is 18.6. The number of carbonyl (C=O) groups excluding carboxylic acids is 1. The molecule has 0 fully saturated rings. The van der Waals surface area contributed by atoms with Gasteiger partial charge in [-0.1, -0.05) is 18.2 Å². The summed E-state index contributed by atoms with van der Waals surface area (Å²) in [5, 5.41) is 8.81. The van der Waals surface area contributed by atoms with E-state index in [1.54, 1.807) is 0 Å². The lowest BCUT2D eigenvalue weighted by molar-refractivity contribution is -0.138. The molecule has 2 aromatic carbocycles. The molecule has 0 spiro atoms. The van der Waals surface area contributed by atoms with Crippen LogP contribution in [0.25, 0.3) is 0 Å². The Hall–Kier alpha value is -2.83. The van der Waals surface area contributed by atoms with Crippen LogP contribution in [0.3, 0.4) is 0 Å². The largest absolute Gasteiger partial charge is 0.497 e. The Morgan fingerprint density at radius 3 is 2.16 bits per heavy atom. The van der Waals surface area contributed by atoms with Gasteiger partial charge in [-0.3, -0.25) is 4.79 Å². The van der Waals surface area contributed by atoms with Crippen molar-refractivity contribution in [2.45, 2.75) is 19.0 Å². The molecule has 0 aliphatic heterocycles. The van der Waals surface area contributed by atoms with E-state index >= 15 is 0 Å². The molecule has 0 aliphatic rings. The zero-order valence-electron chi connectivity index (χ0n) is 13.3. The van der Waals surface area contributed by atoms with Crippen molar-refractivity contribution in [3.63, 3.8) is 0 Å². The van der Waals surface area contributed by atoms with Crippen molar-refractivity contribution in [1.82, 2.24) is 0 Å². The summed E-state index contributed by atoms with van der Waals surface area (Å²) in [7, 11) is 1.28. The van der Waals surface area contributed by atoms with Crippen molar-refractivity contribution >= 4 is 11.8 Å². The number of alkyl halides is 3. The number of benzene rings is 2. The average Bonchev–Trinajstić information content (AvgIpc) is 2.58. The van der Waals surface area contributed by atoms with Crippen LogP contribution >= 0.6 is 0 Å². The molecule has 2 rings (SSSR count). The molecular formula is C18H15F3O4. The first-order chi connectivity index (χ1) is 11.7. The first-order valence-corrected chi connectivity index (χ1v) is 7.33. The van der Waals surface area contributed by atoms with Crippen LogP contribution in [-0.2, 0) is 12.6 Å². The normalized spacial score (nSPS) is 11.2. The Bertz CT molecular complexity index is 780. The Balaban J connectivity index is 2.15. The van der Waals surface area contributed by atoms with Gasteiger partial charge in [-0.2, -0.15) is 13.2 Å². The van der Waals surface area contributed by atoms with Crippen LogP contribution in [0.15, 0.2) is 42.5 Å². The second kappa shape index (κ2) is 7.38. The summed E-state index contributed by atoms with van der Waals surface area (Å²) in [4.78, 5) is 22.9. The highest BCUT2D eigenvalue weighted by molar-refractivity contribution is 5.97. The molecule has 132 valence electrons. The maximum absolute atomic E-state index is 13.1. The van der Waals surface area contributed by atoms with E-state index in [0.717, 1.165) is 6.07 Å². The number of aryl methyl sites for hydroxylation is 1. The van der Waals surface area contributed by atoms with Gasteiger partial charge in [0.25, 0.3) is 0 Å². The number of aromatic carboxylic acids is 1. The smallest absolute Gasteiger partial charge is 0.416 e. The second-order valence-electron chi connectivity index (χ2n) is 5.33. The van der Waals surface area contributed by atoms with Crippen LogP contribution in [0.2, 0.25) is 0 Å². The summed E-state index contributed by atoms with van der Waals surface area (Å²) >= 11 is 0. The molecular weight excluding hydrogens is 337 g/mol. The molecule has 0 radical (unpaired) electrons. The van der Waals surface area contributed by atoms with Crippen LogP contribution in [0.4, 0.5) is 13.2 Å². The second-order valence-corrected chi connectivity index (χ2v) is 5.33. The molecule has 0 aliphatic carbocycles. The summed E-state index contributed by atoms with van der Waals surface area (Å²) in [5.74, 6) is -1.39. The molecule has 0 saturated carbocycles. The molecule has 0 heterocycles. The Morgan fingerprint density at radius 1 is 1.04 bits per heavy atom. The third-order valence-corrected chi connectivity index (χ3v) is 3.70. The summed E-state index contributed by atoms with van der Waals surface area (Å²) in [5.41, 5.74) is -0.539. The van der Waals surface area contributed by atoms with Gasteiger partial charge in [0.2, 0.25) is 0 Å². The van der Waals surface area contributed by atoms with Crippen molar-refractivity contribution in [3.8, 4) is 5.75 Å². The SMILES string of the molecule is COc1ccc(CCC(=O)c2ccc(C(=O)O)cc2)c(C(F)(F)F)c1. The van der Waals surface area contributed by atoms with E-state index < -0.39 is 17.7 Å². The molecule has 7 heteroatoms. The Kier molecular flexibility index (Phi) is 5.46. The zero-order valence-corrected chi connectivity index (χ0v) is 13.3. The van der Waals surface area contributed by atoms with Crippen molar-refractivity contribution in [2.75, 3.05) is 7.11 Å². The summed E-state index contributed by atoms with van der Waals surface area (Å²) in [6.07, 6.45) is -4.75. The lowest BCUT2D eigenvalue weighted by Crippen LogP contribution is -2.11. The quantitative estimate of drug-likeness (QED) is 0.791. The van der Waals surface area contributed by atoms with Crippen molar-refractivity contribution in [2.24, 2.45) is 0 Å². The molecule has 0 saturated heterocycles. The van der Waals surface area contributed by atoms with Gasteiger partial charge in [0.05, 0.1) is 18.2 Å². The number of carboxylic acid groups (broad SMARTS) is 1. The number of methoxy groups -OCH3 is 1. The molecule has 0 amide bonds. The third kappa shape index (κ3) is 4.59. The van der Waals surface area contributed by atoms with Crippen LogP contribution in [0.5, 0.6) is 5.75 Å². The fourth-order valence-electron chi connectivity index (χ4n) is 2.36. The maximum Gasteiger partial charge on any atom is 0.416 e. The van der Waals surface area contributed by atoms with Crippen LogP contribution in [0.1, 0.15) is 38.3 Å². The summed E-state index contributed by atoms with van der Waals surface area (Å²) in [6, 6.07) is 8.88. The van der Waals surface area contributed by atoms with Gasteiger partial charge >= 0.3 is 12.1 Å². The van der Waals surface area contributed by atoms with Gasteiger partial charge in [0.15, 0.2) is 5.78 Å². The Labute approximate surface area is 141 Å². The van der Waals surface area contributed by atoms with E-state index in [1.165, 1.54) is 43.5 Å². The number of hydrogen-bond donors (Lipinski definition) is 1. The minimum absolute atomic E-state index is 0.00352. The van der Waals surface area contributed by atoms with Crippen LogP contribution < -0.4 is 4.74 Å². The van der Waals surface area contributed by atoms with Crippen molar-refractivity contribution < 1.29 is 32.6 Å². The molecule has 4 nitrogen and oxygen atoms in total. The number of halogens is 3. The van der Waals surface area contributed by atoms with E-state index in [4.69, 9.17) is 9.84 Å². The number of ether oxygens (including phenoxy) is 1. The predicted octanol–water partition coefficient (Wildman–Crippen LogP) is 4.23. The van der Waals surface area contributed by atoms with Crippen molar-refractivity contribution in [3.05, 3.63) is 64.7 Å². The average molecular weight is 352 g/mol. The first kappa shape index (κ1) is 18.5. The van der Waals surface area contributed by atoms with E-state index in [-0.39, 0.29) is 41.1 Å². The topological polar surface area (TPSA) is 63.6 Å². The van der Waals surface area contributed by atoms with E-state index in [2.05, 4.69) is 0 Å². The van der Waals surface area contributed by atoms with Gasteiger partial charge in [0, 0.05) is 12.0 Å². The lowest BCUT2D eigenvalue weighted by atomic mass is 9.98. The number of carboxylic acids is 1. The number of ketones is 1. The van der Waals surface area contributed by atoms with Crippen molar-refractivity contribution in [1.29, 1.82) is 0 Å². The van der Waals surface area contributed by atoms with E-state index in [9.17, 15) is 22.8 Å². The van der Waals surface area contributed by atoms with E-state index in [1.807, 2.05) is 0 Å². The molecule has 1 N–H and O–H groups in total. The molecule has 0 bridgehead atoms. The highest BCUT2D eigenvalue weighted by atomic mass is 19.4. The van der Waals surface area contributed by atoms with Crippen LogP contribution in [-0.4, -0.2) is 24.0 Å². The number of hydrogen-bond acceptors (Lipinski definition) is 3. The molecule has 0 aromatic heterocycles. The highest BCUT2D eigenvalue weighted by Gasteiger charge is 2.33. The first-order valence-electron chi connectivity index (χ1n) is 7.33. The van der Waals surface area contributed by atoms with Gasteiger partial charge < -0.3 is 9.84 Å². The standard InChI is InChI=1S/C18H15F3O4/c1-25-14-8-6-11(15(10-14)18(19,20)21)7-9-16(22)12-2-4-13(5-3-12)17(23)24/h2-6,8,10H,7,9H2,1H3,(H,23,24). The maximum atomic E-state index is 13.1. The predicted molar refractivity (Wildman–Crippen MR) is 84.0 cm³/mol. The monoisotopic (exact) mass is 352 g/mol. The fourth-order valence-corrected chi connectivity index (χ4v) is 2.36. The van der Waals surface area contributed by atoms with Gasteiger partial charge in [-0.25, -0.2) is 4.79 Å². The minimum Gasteiger partial charge on any atom is -0.497 e. The van der Waals surface area contributed by atoms with Gasteiger partial charge in [0.1, 0.15) is 5.75 Å². The molecule has 0 atom stereocenters. The summed E-state index contributed by atoms with van der Waals surface area (Å²) < 4.78 is 44.2. The lowest BCUT2D eigenvalue weighted by Gasteiger charge is -2.14. The van der Waals surface area contributed by atoms with Crippen LogP contribution in [0, 0.1) is 0 Å². The third-order valence-electron chi connectivity index (χ3n) is 3.70. The fraction of sp³-hybridized carbons (Fsp3) is 0.222. The van der Waals surface area contributed by atoms with E-state index in [0.29, 0.717) is 0 Å². The number of Topliss-reactive ketones (excluding diaryl/α,β-unsaturated/α-hetero) is 1. The number of carbonyl (C=O) groups is 2. The molecule has 0 unspecified atom stereocenters. The highest BCUT2D eigenvalue weighted by Crippen LogP contribution is 2.35. The number of rotatable bonds is 6. The van der Waals surface area contributed by atoms with Gasteiger partial charge in [-0.05, 0) is 36.2 Å². The van der Waals surface area contributed by atoms with Gasteiger partial charge in [-0.15, -0.1) is 0 Å². The Morgan fingerprint density at radius 2 is 1.64 bits per heavy atom.